The van der Waals surface area contributed by atoms with Gasteiger partial charge in [-0.25, -0.2) is 0 Å². The summed E-state index contributed by atoms with van der Waals surface area (Å²) < 4.78 is 5.17. The zero-order chi connectivity index (χ0) is 14.4. The molecule has 3 heteroatoms. The number of hydrogen-bond donors (Lipinski definition) is 1. The van der Waals surface area contributed by atoms with E-state index in [9.17, 15) is 0 Å². The number of nitriles is 1. The van der Waals surface area contributed by atoms with E-state index in [1.165, 1.54) is 0 Å². The van der Waals surface area contributed by atoms with Gasteiger partial charge in [0, 0.05) is 12.8 Å². The lowest BCUT2D eigenvalue weighted by Crippen LogP contribution is -2.04. The zero-order valence-electron chi connectivity index (χ0n) is 11.6. The number of hydrogen-bond acceptors (Lipinski definition) is 3. The summed E-state index contributed by atoms with van der Waals surface area (Å²) >= 11 is 0. The highest BCUT2D eigenvalue weighted by Crippen LogP contribution is 2.32. The van der Waals surface area contributed by atoms with E-state index >= 15 is 0 Å². The van der Waals surface area contributed by atoms with E-state index in [1.54, 1.807) is 7.11 Å². The second kappa shape index (κ2) is 6.74. The first-order valence-electron chi connectivity index (χ1n) is 6.59. The number of nitrogens with zero attached hydrogens (tertiary/aromatic N) is 1. The fourth-order valence-corrected chi connectivity index (χ4v) is 2.38. The molecular weight excluding hydrogens is 248 g/mol. The van der Waals surface area contributed by atoms with Crippen LogP contribution in [-0.2, 0) is 17.6 Å². The van der Waals surface area contributed by atoms with Gasteiger partial charge in [-0.2, -0.15) is 5.26 Å². The summed E-state index contributed by atoms with van der Waals surface area (Å²) in [4.78, 5) is 0. The first-order valence-corrected chi connectivity index (χ1v) is 6.59. The fourth-order valence-electron chi connectivity index (χ4n) is 2.38. The second-order valence-electron chi connectivity index (χ2n) is 4.61. The minimum Gasteiger partial charge on any atom is -0.398 e. The summed E-state index contributed by atoms with van der Waals surface area (Å²) in [5, 5.41) is 9.02. The van der Waals surface area contributed by atoms with Gasteiger partial charge in [-0.15, -0.1) is 0 Å². The summed E-state index contributed by atoms with van der Waals surface area (Å²) in [6, 6.07) is 16.1. The maximum absolute atomic E-state index is 9.02. The third-order valence-electron chi connectivity index (χ3n) is 3.32. The van der Waals surface area contributed by atoms with Crippen LogP contribution >= 0.6 is 0 Å². The number of methoxy groups -OCH3 is 1. The van der Waals surface area contributed by atoms with Crippen molar-refractivity contribution in [3.8, 4) is 17.2 Å². The van der Waals surface area contributed by atoms with Crippen LogP contribution in [0.2, 0.25) is 0 Å². The average Bonchev–Trinajstić information content (AvgIpc) is 2.48. The molecule has 0 fully saturated rings. The summed E-state index contributed by atoms with van der Waals surface area (Å²) in [5.41, 5.74) is 11.1. The molecule has 2 aromatic carbocycles. The molecule has 0 bridgehead atoms. The molecule has 0 saturated heterocycles. The highest BCUT2D eigenvalue weighted by molar-refractivity contribution is 5.76. The lowest BCUT2D eigenvalue weighted by Gasteiger charge is -2.16. The number of rotatable bonds is 5. The van der Waals surface area contributed by atoms with Crippen molar-refractivity contribution in [1.82, 2.24) is 0 Å². The predicted octanol–water partition coefficient (Wildman–Crippen LogP) is 3.19. The molecule has 2 N–H and O–H groups in total. The Bertz CT molecular complexity index is 615. The number of nitrogen functional groups attached to an aromatic ring is 1. The van der Waals surface area contributed by atoms with Gasteiger partial charge in [-0.1, -0.05) is 36.4 Å². The molecule has 0 aromatic heterocycles. The Kier molecular flexibility index (Phi) is 4.75. The van der Waals surface area contributed by atoms with Gasteiger partial charge in [0.1, 0.15) is 0 Å². The van der Waals surface area contributed by atoms with Gasteiger partial charge < -0.3 is 10.5 Å². The summed E-state index contributed by atoms with van der Waals surface area (Å²) in [6.07, 6.45) is 1.12. The van der Waals surface area contributed by atoms with Crippen LogP contribution in [-0.4, -0.2) is 13.7 Å². The minimum atomic E-state index is 0.379. The van der Waals surface area contributed by atoms with Gasteiger partial charge in [0.2, 0.25) is 0 Å². The minimum absolute atomic E-state index is 0.379. The van der Waals surface area contributed by atoms with Crippen molar-refractivity contribution in [3.63, 3.8) is 0 Å². The lowest BCUT2D eigenvalue weighted by molar-refractivity contribution is 0.202. The predicted molar refractivity (Wildman–Crippen MR) is 81.2 cm³/mol. The number of ether oxygens (including phenoxy) is 1. The van der Waals surface area contributed by atoms with Gasteiger partial charge in [-0.3, -0.25) is 0 Å². The third-order valence-corrected chi connectivity index (χ3v) is 3.32. The van der Waals surface area contributed by atoms with Crippen molar-refractivity contribution >= 4 is 5.69 Å². The molecule has 20 heavy (non-hydrogen) atoms. The van der Waals surface area contributed by atoms with Crippen molar-refractivity contribution in [1.29, 1.82) is 5.26 Å². The fraction of sp³-hybridized carbons (Fsp3) is 0.235. The van der Waals surface area contributed by atoms with Crippen LogP contribution < -0.4 is 5.73 Å². The average molecular weight is 266 g/mol. The van der Waals surface area contributed by atoms with Crippen LogP contribution in [0.5, 0.6) is 0 Å². The Balaban J connectivity index is 2.59. The van der Waals surface area contributed by atoms with Gasteiger partial charge in [0.15, 0.2) is 0 Å². The molecule has 0 amide bonds. The first kappa shape index (κ1) is 14.1. The summed E-state index contributed by atoms with van der Waals surface area (Å²) in [7, 11) is 1.68. The smallest absolute Gasteiger partial charge is 0.0669 e. The van der Waals surface area contributed by atoms with E-state index < -0.39 is 0 Å². The molecule has 0 atom stereocenters. The zero-order valence-corrected chi connectivity index (χ0v) is 11.6. The molecule has 0 unspecified atom stereocenters. The van der Waals surface area contributed by atoms with Gasteiger partial charge in [-0.05, 0) is 34.7 Å². The maximum Gasteiger partial charge on any atom is 0.0669 e. The topological polar surface area (TPSA) is 59.0 Å². The van der Waals surface area contributed by atoms with Crippen LogP contribution in [0.3, 0.4) is 0 Å². The molecule has 0 aliphatic carbocycles. The number of anilines is 1. The third kappa shape index (κ3) is 2.98. The molecule has 2 rings (SSSR count). The molecular formula is C17H18N2O. The Morgan fingerprint density at radius 3 is 2.55 bits per heavy atom. The van der Waals surface area contributed by atoms with E-state index in [2.05, 4.69) is 6.07 Å². The van der Waals surface area contributed by atoms with Crippen LogP contribution in [0.1, 0.15) is 11.1 Å². The SMILES string of the molecule is COCCc1c(N)ccc(CC#N)c1-c1ccccc1. The van der Waals surface area contributed by atoms with Gasteiger partial charge in [0.05, 0.1) is 19.1 Å². The molecule has 102 valence electrons. The van der Waals surface area contributed by atoms with Crippen molar-refractivity contribution in [2.45, 2.75) is 12.8 Å². The Morgan fingerprint density at radius 2 is 1.90 bits per heavy atom. The molecule has 2 aromatic rings. The van der Waals surface area contributed by atoms with Gasteiger partial charge >= 0.3 is 0 Å². The number of nitrogens with two attached hydrogens (primary N) is 1. The largest absolute Gasteiger partial charge is 0.398 e. The van der Waals surface area contributed by atoms with Crippen LogP contribution in [0.4, 0.5) is 5.69 Å². The monoisotopic (exact) mass is 266 g/mol. The van der Waals surface area contributed by atoms with Crippen LogP contribution in [0.25, 0.3) is 11.1 Å². The van der Waals surface area contributed by atoms with Crippen LogP contribution in [0.15, 0.2) is 42.5 Å². The number of benzene rings is 2. The highest BCUT2D eigenvalue weighted by Gasteiger charge is 2.13. The van der Waals surface area contributed by atoms with Crippen molar-refractivity contribution < 1.29 is 4.74 Å². The van der Waals surface area contributed by atoms with Crippen molar-refractivity contribution in [3.05, 3.63) is 53.6 Å². The van der Waals surface area contributed by atoms with Crippen molar-refractivity contribution in [2.75, 3.05) is 19.5 Å². The molecule has 0 spiro atoms. The normalized spacial score (nSPS) is 10.2. The highest BCUT2D eigenvalue weighted by atomic mass is 16.5. The van der Waals surface area contributed by atoms with Crippen LogP contribution in [0, 0.1) is 11.3 Å². The standard InChI is InChI=1S/C17H18N2O/c1-20-12-10-15-16(19)8-7-14(9-11-18)17(15)13-5-3-2-4-6-13/h2-8H,9-10,12,19H2,1H3. The summed E-state index contributed by atoms with van der Waals surface area (Å²) in [6.45, 7) is 0.611. The van der Waals surface area contributed by atoms with E-state index in [0.717, 1.165) is 34.4 Å². The van der Waals surface area contributed by atoms with E-state index in [1.807, 2.05) is 42.5 Å². The first-order chi connectivity index (χ1) is 9.77. The van der Waals surface area contributed by atoms with Crippen molar-refractivity contribution in [2.24, 2.45) is 0 Å². The summed E-state index contributed by atoms with van der Waals surface area (Å²) in [5.74, 6) is 0. The Morgan fingerprint density at radius 1 is 1.15 bits per heavy atom. The molecule has 0 radical (unpaired) electrons. The molecule has 0 aliphatic rings. The Hall–Kier alpha value is -2.31. The molecule has 3 nitrogen and oxygen atoms in total. The van der Waals surface area contributed by atoms with E-state index in [0.29, 0.717) is 13.0 Å². The quantitative estimate of drug-likeness (QED) is 0.845. The molecule has 0 saturated carbocycles. The maximum atomic E-state index is 9.02. The Labute approximate surface area is 119 Å². The van der Waals surface area contributed by atoms with E-state index in [-0.39, 0.29) is 0 Å². The van der Waals surface area contributed by atoms with E-state index in [4.69, 9.17) is 15.7 Å². The molecule has 0 aliphatic heterocycles. The second-order valence-corrected chi connectivity index (χ2v) is 4.61. The lowest BCUT2D eigenvalue weighted by atomic mass is 9.90. The molecule has 0 heterocycles. The van der Waals surface area contributed by atoms with Gasteiger partial charge in [0.25, 0.3) is 0 Å².